The largest absolute Gasteiger partial charge is 0.573 e. The van der Waals surface area contributed by atoms with Crippen LogP contribution in [0.25, 0.3) is 0 Å². The third-order valence-corrected chi connectivity index (χ3v) is 2.83. The molecule has 0 aromatic carbocycles. The number of methoxy groups -OCH3 is 1. The van der Waals surface area contributed by atoms with E-state index in [9.17, 15) is 26.7 Å². The van der Waals surface area contributed by atoms with Gasteiger partial charge in [-0.15, -0.1) is 13.2 Å². The SMILES string of the molecule is COC(=O)c1ncc(C(F)F)c(OC(F)(F)F)c1I. The number of ether oxygens (including phenoxy) is 2. The van der Waals surface area contributed by atoms with Crippen LogP contribution in [0.3, 0.4) is 0 Å². The second-order valence-electron chi connectivity index (χ2n) is 3.05. The molecule has 106 valence electrons. The van der Waals surface area contributed by atoms with Crippen molar-refractivity contribution in [3.63, 3.8) is 0 Å². The number of hydrogen-bond acceptors (Lipinski definition) is 4. The summed E-state index contributed by atoms with van der Waals surface area (Å²) in [6.07, 6.45) is -7.96. The Bertz CT molecular complexity index is 491. The van der Waals surface area contributed by atoms with Gasteiger partial charge in [-0.1, -0.05) is 0 Å². The molecule has 1 heterocycles. The molecule has 0 saturated heterocycles. The lowest BCUT2D eigenvalue weighted by Crippen LogP contribution is -2.20. The van der Waals surface area contributed by atoms with Gasteiger partial charge in [0.25, 0.3) is 6.43 Å². The number of nitrogens with zero attached hydrogens (tertiary/aromatic N) is 1. The van der Waals surface area contributed by atoms with Gasteiger partial charge >= 0.3 is 12.3 Å². The van der Waals surface area contributed by atoms with Gasteiger partial charge in [0, 0.05) is 6.20 Å². The minimum absolute atomic E-state index is 0.445. The number of aromatic nitrogens is 1. The van der Waals surface area contributed by atoms with Crippen molar-refractivity contribution < 1.29 is 36.2 Å². The van der Waals surface area contributed by atoms with Crippen LogP contribution in [-0.4, -0.2) is 24.4 Å². The summed E-state index contributed by atoms with van der Waals surface area (Å²) in [5.41, 5.74) is -1.60. The highest BCUT2D eigenvalue weighted by atomic mass is 127. The van der Waals surface area contributed by atoms with Gasteiger partial charge in [0.2, 0.25) is 0 Å². The topological polar surface area (TPSA) is 48.4 Å². The van der Waals surface area contributed by atoms with Crippen molar-refractivity contribution in [2.24, 2.45) is 0 Å². The van der Waals surface area contributed by atoms with E-state index in [-0.39, 0.29) is 0 Å². The Balaban J connectivity index is 3.40. The number of halogens is 6. The molecule has 0 N–H and O–H groups in total. The minimum atomic E-state index is -5.17. The standard InChI is InChI=1S/C9H5F5INO3/c1-18-8(17)5-4(15)6(19-9(12,13)14)3(2-16-5)7(10)11/h2,7H,1H3. The molecule has 1 aromatic rings. The first-order valence-corrected chi connectivity index (χ1v) is 5.56. The Morgan fingerprint density at radius 2 is 2.00 bits per heavy atom. The molecule has 0 radical (unpaired) electrons. The molecule has 0 unspecified atom stereocenters. The summed E-state index contributed by atoms with van der Waals surface area (Å²) in [6.45, 7) is 0. The first kappa shape index (κ1) is 15.9. The number of rotatable bonds is 3. The maximum Gasteiger partial charge on any atom is 0.573 e. The fraction of sp³-hybridized carbons (Fsp3) is 0.333. The number of esters is 1. The van der Waals surface area contributed by atoms with E-state index in [0.29, 0.717) is 6.20 Å². The summed E-state index contributed by atoms with van der Waals surface area (Å²) in [6, 6.07) is 0. The van der Waals surface area contributed by atoms with E-state index in [2.05, 4.69) is 14.5 Å². The molecule has 1 aromatic heterocycles. The molecule has 0 aliphatic carbocycles. The average Bonchev–Trinajstić information content (AvgIpc) is 2.28. The lowest BCUT2D eigenvalue weighted by Gasteiger charge is -2.15. The summed E-state index contributed by atoms with van der Waals surface area (Å²) < 4.78 is 69.0. The third kappa shape index (κ3) is 3.88. The first-order chi connectivity index (χ1) is 8.67. The Morgan fingerprint density at radius 1 is 1.42 bits per heavy atom. The summed E-state index contributed by atoms with van der Waals surface area (Å²) >= 11 is 1.26. The van der Waals surface area contributed by atoms with Crippen LogP contribution in [0, 0.1) is 3.57 Å². The molecular weight excluding hydrogens is 392 g/mol. The second kappa shape index (κ2) is 5.84. The van der Waals surface area contributed by atoms with E-state index in [1.807, 2.05) is 0 Å². The van der Waals surface area contributed by atoms with Crippen molar-refractivity contribution >= 4 is 28.6 Å². The second-order valence-corrected chi connectivity index (χ2v) is 4.12. The van der Waals surface area contributed by atoms with Gasteiger partial charge in [-0.05, 0) is 22.6 Å². The molecule has 0 saturated carbocycles. The van der Waals surface area contributed by atoms with Crippen molar-refractivity contribution in [1.29, 1.82) is 0 Å². The average molecular weight is 397 g/mol. The molecule has 0 spiro atoms. The van der Waals surface area contributed by atoms with Crippen molar-refractivity contribution in [1.82, 2.24) is 4.98 Å². The third-order valence-electron chi connectivity index (χ3n) is 1.83. The van der Waals surface area contributed by atoms with Gasteiger partial charge in [-0.2, -0.15) is 0 Å². The summed E-state index contributed by atoms with van der Waals surface area (Å²) in [7, 11) is 0.978. The maximum atomic E-state index is 12.6. The van der Waals surface area contributed by atoms with Crippen LogP contribution in [0.2, 0.25) is 0 Å². The number of carbonyl (C=O) groups excluding carboxylic acids is 1. The Morgan fingerprint density at radius 3 is 2.42 bits per heavy atom. The predicted octanol–water partition coefficient (Wildman–Crippen LogP) is 3.31. The van der Waals surface area contributed by atoms with Crippen LogP contribution in [0.1, 0.15) is 22.5 Å². The van der Waals surface area contributed by atoms with E-state index in [0.717, 1.165) is 7.11 Å². The number of hydrogen-bond donors (Lipinski definition) is 0. The zero-order valence-electron chi connectivity index (χ0n) is 9.09. The van der Waals surface area contributed by atoms with E-state index in [1.54, 1.807) is 0 Å². The van der Waals surface area contributed by atoms with Crippen LogP contribution in [0.15, 0.2) is 6.20 Å². The quantitative estimate of drug-likeness (QED) is 0.446. The molecule has 19 heavy (non-hydrogen) atoms. The highest BCUT2D eigenvalue weighted by molar-refractivity contribution is 14.1. The molecule has 0 fully saturated rings. The monoisotopic (exact) mass is 397 g/mol. The fourth-order valence-electron chi connectivity index (χ4n) is 1.10. The molecule has 0 aliphatic rings. The summed E-state index contributed by atoms with van der Waals surface area (Å²) in [5, 5.41) is 0. The van der Waals surface area contributed by atoms with Crippen LogP contribution in [-0.2, 0) is 4.74 Å². The number of pyridine rings is 1. The van der Waals surface area contributed by atoms with Gasteiger partial charge in [0.15, 0.2) is 11.4 Å². The molecular formula is C9H5F5INO3. The molecule has 4 nitrogen and oxygen atoms in total. The zero-order valence-corrected chi connectivity index (χ0v) is 11.3. The molecule has 1 rings (SSSR count). The van der Waals surface area contributed by atoms with Gasteiger partial charge in [-0.3, -0.25) is 0 Å². The Labute approximate surface area is 117 Å². The predicted molar refractivity (Wildman–Crippen MR) is 59.9 cm³/mol. The van der Waals surface area contributed by atoms with Crippen LogP contribution in [0.4, 0.5) is 22.0 Å². The number of alkyl halides is 5. The van der Waals surface area contributed by atoms with Gasteiger partial charge < -0.3 is 9.47 Å². The Hall–Kier alpha value is -1.20. The maximum absolute atomic E-state index is 12.6. The first-order valence-electron chi connectivity index (χ1n) is 4.48. The normalized spacial score (nSPS) is 11.6. The van der Waals surface area contributed by atoms with Crippen molar-refractivity contribution in [3.8, 4) is 5.75 Å². The molecule has 0 atom stereocenters. The summed E-state index contributed by atoms with van der Waals surface area (Å²) in [5.74, 6) is -2.21. The number of carbonyl (C=O) groups is 1. The van der Waals surface area contributed by atoms with Gasteiger partial charge in [0.1, 0.15) is 0 Å². The minimum Gasteiger partial charge on any atom is -0.464 e. The molecule has 0 bridgehead atoms. The van der Waals surface area contributed by atoms with Crippen molar-refractivity contribution in [3.05, 3.63) is 21.0 Å². The molecule has 10 heteroatoms. The smallest absolute Gasteiger partial charge is 0.464 e. The van der Waals surface area contributed by atoms with Gasteiger partial charge in [-0.25, -0.2) is 18.6 Å². The van der Waals surface area contributed by atoms with Crippen LogP contribution >= 0.6 is 22.6 Å². The van der Waals surface area contributed by atoms with E-state index in [1.165, 1.54) is 22.6 Å². The highest BCUT2D eigenvalue weighted by Gasteiger charge is 2.36. The van der Waals surface area contributed by atoms with Gasteiger partial charge in [0.05, 0.1) is 16.2 Å². The molecule has 0 aliphatic heterocycles. The highest BCUT2D eigenvalue weighted by Crippen LogP contribution is 2.37. The summed E-state index contributed by atoms with van der Waals surface area (Å²) in [4.78, 5) is 14.6. The van der Waals surface area contributed by atoms with E-state index < -0.39 is 39.3 Å². The lowest BCUT2D eigenvalue weighted by atomic mass is 10.2. The van der Waals surface area contributed by atoms with E-state index >= 15 is 0 Å². The Kier molecular flexibility index (Phi) is 4.87. The zero-order chi connectivity index (χ0) is 14.8. The molecule has 0 amide bonds. The van der Waals surface area contributed by atoms with Crippen LogP contribution in [0.5, 0.6) is 5.75 Å². The fourth-order valence-corrected chi connectivity index (χ4v) is 1.88. The van der Waals surface area contributed by atoms with Crippen LogP contribution < -0.4 is 4.74 Å². The van der Waals surface area contributed by atoms with E-state index in [4.69, 9.17) is 0 Å². The van der Waals surface area contributed by atoms with Crippen molar-refractivity contribution in [2.75, 3.05) is 7.11 Å². The lowest BCUT2D eigenvalue weighted by molar-refractivity contribution is -0.275. The van der Waals surface area contributed by atoms with Crippen molar-refractivity contribution in [2.45, 2.75) is 12.8 Å².